The molecule has 1 aliphatic rings. The van der Waals surface area contributed by atoms with Crippen LogP contribution >= 0.6 is 0 Å². The number of unbranched alkanes of at least 4 members (excludes halogenated alkanes) is 1. The average molecular weight is 420 g/mol. The van der Waals surface area contributed by atoms with Gasteiger partial charge in [0, 0.05) is 11.6 Å². The van der Waals surface area contributed by atoms with Gasteiger partial charge < -0.3 is 20.7 Å². The summed E-state index contributed by atoms with van der Waals surface area (Å²) in [4.78, 5) is 0. The summed E-state index contributed by atoms with van der Waals surface area (Å²) in [5.74, 6) is 3.26. The van der Waals surface area contributed by atoms with Crippen LogP contribution in [0.2, 0.25) is 0 Å². The minimum Gasteiger partial charge on any atom is -0.508 e. The minimum absolute atomic E-state index is 0.00179. The summed E-state index contributed by atoms with van der Waals surface area (Å²) in [5, 5.41) is 20.1. The van der Waals surface area contributed by atoms with Crippen LogP contribution in [0.5, 0.6) is 11.5 Å². The number of benzene rings is 1. The maximum Gasteiger partial charge on any atom is 0.122 e. The van der Waals surface area contributed by atoms with Gasteiger partial charge in [-0.1, -0.05) is 65.4 Å². The molecule has 0 bridgehead atoms. The van der Waals surface area contributed by atoms with Gasteiger partial charge in [0.05, 0.1) is 13.2 Å². The zero-order valence-corrected chi connectivity index (χ0v) is 19.5. The molecule has 4 nitrogen and oxygen atoms in total. The van der Waals surface area contributed by atoms with Crippen LogP contribution in [0.3, 0.4) is 0 Å². The lowest BCUT2D eigenvalue weighted by Gasteiger charge is -2.27. The first-order chi connectivity index (χ1) is 14.3. The van der Waals surface area contributed by atoms with Gasteiger partial charge in [-0.15, -0.1) is 0 Å². The third-order valence-electron chi connectivity index (χ3n) is 6.49. The minimum atomic E-state index is -0.533. The largest absolute Gasteiger partial charge is 0.508 e. The molecule has 4 heteroatoms. The van der Waals surface area contributed by atoms with E-state index < -0.39 is 5.54 Å². The smallest absolute Gasteiger partial charge is 0.122 e. The zero-order chi connectivity index (χ0) is 22.0. The molecule has 2 atom stereocenters. The molecule has 0 aliphatic heterocycles. The predicted molar refractivity (Wildman–Crippen MR) is 125 cm³/mol. The van der Waals surface area contributed by atoms with Crippen LogP contribution in [-0.4, -0.2) is 29.0 Å². The van der Waals surface area contributed by atoms with E-state index in [0.29, 0.717) is 25.4 Å². The third-order valence-corrected chi connectivity index (χ3v) is 6.49. The number of aromatic hydroxyl groups is 1. The van der Waals surface area contributed by atoms with Crippen LogP contribution in [-0.2, 0) is 6.42 Å². The van der Waals surface area contributed by atoms with Crippen LogP contribution in [0.4, 0.5) is 0 Å². The molecular weight excluding hydrogens is 374 g/mol. The first kappa shape index (κ1) is 25.0. The number of nitrogens with two attached hydrogens (primary N) is 1. The number of phenols is 1. The van der Waals surface area contributed by atoms with Gasteiger partial charge in [0.15, 0.2) is 0 Å². The van der Waals surface area contributed by atoms with Crippen molar-refractivity contribution >= 4 is 0 Å². The van der Waals surface area contributed by atoms with Crippen LogP contribution in [0.15, 0.2) is 18.2 Å². The Morgan fingerprint density at radius 2 is 1.83 bits per heavy atom. The highest BCUT2D eigenvalue weighted by atomic mass is 16.5. The number of rotatable bonds is 16. The first-order valence-electron chi connectivity index (χ1n) is 12.2. The van der Waals surface area contributed by atoms with Crippen molar-refractivity contribution in [3.63, 3.8) is 0 Å². The van der Waals surface area contributed by atoms with Crippen LogP contribution in [0.1, 0.15) is 90.5 Å². The monoisotopic (exact) mass is 419 g/mol. The second kappa shape index (κ2) is 12.6. The number of hydrogen-bond acceptors (Lipinski definition) is 4. The summed E-state index contributed by atoms with van der Waals surface area (Å²) in [5.41, 5.74) is 6.70. The van der Waals surface area contributed by atoms with E-state index in [2.05, 4.69) is 20.8 Å². The quantitative estimate of drug-likeness (QED) is 0.295. The fourth-order valence-corrected chi connectivity index (χ4v) is 4.17. The molecule has 1 fully saturated rings. The summed E-state index contributed by atoms with van der Waals surface area (Å²) in [7, 11) is 0. The fraction of sp³-hybridized carbons (Fsp3) is 0.769. The van der Waals surface area contributed by atoms with E-state index in [1.54, 1.807) is 6.07 Å². The van der Waals surface area contributed by atoms with E-state index in [0.717, 1.165) is 36.0 Å². The van der Waals surface area contributed by atoms with Crippen LogP contribution in [0.25, 0.3) is 0 Å². The zero-order valence-electron chi connectivity index (χ0n) is 19.5. The molecule has 0 heterocycles. The molecule has 0 saturated heterocycles. The van der Waals surface area contributed by atoms with Gasteiger partial charge >= 0.3 is 0 Å². The van der Waals surface area contributed by atoms with Gasteiger partial charge in [0.1, 0.15) is 11.5 Å². The molecule has 0 amide bonds. The van der Waals surface area contributed by atoms with Crippen molar-refractivity contribution in [3.05, 3.63) is 23.8 Å². The molecule has 1 aliphatic carbocycles. The second-order valence-corrected chi connectivity index (χ2v) is 10.2. The van der Waals surface area contributed by atoms with Gasteiger partial charge in [-0.3, -0.25) is 0 Å². The number of aliphatic hydroxyl groups excluding tert-OH is 1. The van der Waals surface area contributed by atoms with Gasteiger partial charge in [0.25, 0.3) is 0 Å². The molecular formula is C26H45NO3. The highest BCUT2D eigenvalue weighted by molar-refractivity contribution is 5.39. The Labute approximate surface area is 184 Å². The van der Waals surface area contributed by atoms with Crippen molar-refractivity contribution in [3.8, 4) is 11.5 Å². The topological polar surface area (TPSA) is 75.7 Å². The summed E-state index contributed by atoms with van der Waals surface area (Å²) in [6.45, 7) is 7.64. The number of aliphatic hydroxyl groups is 1. The molecule has 2 unspecified atom stereocenters. The Bertz CT molecular complexity index is 614. The maximum atomic E-state index is 10.4. The fourth-order valence-electron chi connectivity index (χ4n) is 4.17. The highest BCUT2D eigenvalue weighted by Crippen LogP contribution is 2.37. The Balaban J connectivity index is 1.65. The first-order valence-corrected chi connectivity index (χ1v) is 12.2. The molecule has 1 aromatic rings. The molecule has 172 valence electrons. The van der Waals surface area contributed by atoms with Crippen molar-refractivity contribution in [2.75, 3.05) is 13.2 Å². The van der Waals surface area contributed by atoms with Gasteiger partial charge in [0.2, 0.25) is 0 Å². The van der Waals surface area contributed by atoms with E-state index in [1.807, 2.05) is 12.1 Å². The van der Waals surface area contributed by atoms with Gasteiger partial charge in [-0.25, -0.2) is 0 Å². The van der Waals surface area contributed by atoms with Gasteiger partial charge in [-0.05, 0) is 61.5 Å². The van der Waals surface area contributed by atoms with Gasteiger partial charge in [-0.2, -0.15) is 0 Å². The molecule has 0 spiro atoms. The normalized spacial score (nSPS) is 17.1. The van der Waals surface area contributed by atoms with E-state index in [9.17, 15) is 10.2 Å². The Morgan fingerprint density at radius 1 is 1.10 bits per heavy atom. The van der Waals surface area contributed by atoms with Crippen LogP contribution < -0.4 is 10.5 Å². The summed E-state index contributed by atoms with van der Waals surface area (Å²) >= 11 is 0. The molecule has 0 radical (unpaired) electrons. The molecule has 2 rings (SSSR count). The standard InChI is InChI=1S/C26H45NO3/c1-20(2)7-6-9-21(3)8-4-5-16-30-24-13-12-23(25(29)17-24)14-15-26(27,19-28)18-22-10-11-22/h12-13,17,20-22,28-29H,4-11,14-16,18-19,27H2,1-3H3. The molecule has 0 aromatic heterocycles. The molecule has 30 heavy (non-hydrogen) atoms. The van der Waals surface area contributed by atoms with Crippen LogP contribution in [0, 0.1) is 17.8 Å². The highest BCUT2D eigenvalue weighted by Gasteiger charge is 2.33. The number of ether oxygens (including phenoxy) is 1. The average Bonchev–Trinajstić information content (AvgIpc) is 3.50. The number of aryl methyl sites for hydroxylation is 1. The van der Waals surface area contributed by atoms with Crippen molar-refractivity contribution in [1.29, 1.82) is 0 Å². The lowest BCUT2D eigenvalue weighted by molar-refractivity contribution is 0.172. The lowest BCUT2D eigenvalue weighted by atomic mass is 9.87. The van der Waals surface area contributed by atoms with Crippen molar-refractivity contribution in [2.45, 2.75) is 96.9 Å². The summed E-state index contributed by atoms with van der Waals surface area (Å²) < 4.78 is 5.84. The van der Waals surface area contributed by atoms with Crippen molar-refractivity contribution < 1.29 is 14.9 Å². The Hall–Kier alpha value is -1.26. The summed E-state index contributed by atoms with van der Waals surface area (Å²) in [6, 6.07) is 5.57. The molecule has 1 saturated carbocycles. The lowest BCUT2D eigenvalue weighted by Crippen LogP contribution is -2.44. The van der Waals surface area contributed by atoms with E-state index in [-0.39, 0.29) is 12.4 Å². The number of hydrogen-bond donors (Lipinski definition) is 3. The molecule has 4 N–H and O–H groups in total. The van der Waals surface area contributed by atoms with E-state index in [4.69, 9.17) is 10.5 Å². The predicted octanol–water partition coefficient (Wildman–Crippen LogP) is 5.83. The molecule has 1 aromatic carbocycles. The second-order valence-electron chi connectivity index (χ2n) is 10.2. The Kier molecular flexibility index (Phi) is 10.5. The SMILES string of the molecule is CC(C)CCCC(C)CCCCOc1ccc(CCC(N)(CO)CC2CC2)c(O)c1. The summed E-state index contributed by atoms with van der Waals surface area (Å²) in [6.07, 6.45) is 12.2. The van der Waals surface area contributed by atoms with Crippen molar-refractivity contribution in [1.82, 2.24) is 0 Å². The third kappa shape index (κ3) is 9.70. The van der Waals surface area contributed by atoms with E-state index >= 15 is 0 Å². The van der Waals surface area contributed by atoms with E-state index in [1.165, 1.54) is 44.9 Å². The number of phenolic OH excluding ortho intramolecular Hbond substituents is 1. The van der Waals surface area contributed by atoms with Crippen molar-refractivity contribution in [2.24, 2.45) is 23.5 Å². The Morgan fingerprint density at radius 3 is 2.47 bits per heavy atom. The maximum absolute atomic E-state index is 10.4.